The normalized spacial score (nSPS) is 14.8. The van der Waals surface area contributed by atoms with Crippen LogP contribution in [0, 0.1) is 12.8 Å². The molecule has 1 nitrogen and oxygen atoms in total. The summed E-state index contributed by atoms with van der Waals surface area (Å²) >= 11 is 0. The van der Waals surface area contributed by atoms with E-state index in [1.165, 1.54) is 17.5 Å². The van der Waals surface area contributed by atoms with Crippen molar-refractivity contribution >= 4 is 0 Å². The molecule has 0 amide bonds. The van der Waals surface area contributed by atoms with Gasteiger partial charge in [-0.25, -0.2) is 0 Å². The summed E-state index contributed by atoms with van der Waals surface area (Å²) in [7, 11) is 0. The Labute approximate surface area is 100 Å². The third-order valence-corrected chi connectivity index (χ3v) is 3.29. The van der Waals surface area contributed by atoms with Crippen LogP contribution in [-0.2, 0) is 0 Å². The van der Waals surface area contributed by atoms with Crippen molar-refractivity contribution in [2.75, 3.05) is 13.1 Å². The van der Waals surface area contributed by atoms with Crippen LogP contribution < -0.4 is 5.32 Å². The number of rotatable bonds is 6. The molecule has 0 aliphatic heterocycles. The van der Waals surface area contributed by atoms with Crippen molar-refractivity contribution in [2.45, 2.75) is 40.0 Å². The minimum Gasteiger partial charge on any atom is -0.316 e. The Hall–Kier alpha value is -0.820. The third-order valence-electron chi connectivity index (χ3n) is 3.29. The smallest absolute Gasteiger partial charge is 0.00176 e. The Balaban J connectivity index is 2.35. The molecular weight excluding hydrogens is 194 g/mol. The predicted octanol–water partition coefficient (Wildman–Crippen LogP) is 3.73. The second-order valence-electron chi connectivity index (χ2n) is 4.98. The van der Waals surface area contributed by atoms with Crippen molar-refractivity contribution in [3.8, 4) is 0 Å². The molecule has 2 unspecified atom stereocenters. The van der Waals surface area contributed by atoms with E-state index in [9.17, 15) is 0 Å². The van der Waals surface area contributed by atoms with Gasteiger partial charge >= 0.3 is 0 Å². The maximum absolute atomic E-state index is 3.55. The summed E-state index contributed by atoms with van der Waals surface area (Å²) in [5, 5.41) is 3.55. The second-order valence-corrected chi connectivity index (χ2v) is 4.98. The van der Waals surface area contributed by atoms with Gasteiger partial charge < -0.3 is 5.32 Å². The van der Waals surface area contributed by atoms with Crippen LogP contribution >= 0.6 is 0 Å². The molecule has 2 atom stereocenters. The van der Waals surface area contributed by atoms with Gasteiger partial charge in [-0.15, -0.1) is 0 Å². The average molecular weight is 219 g/mol. The lowest BCUT2D eigenvalue weighted by Crippen LogP contribution is -2.25. The highest BCUT2D eigenvalue weighted by Crippen LogP contribution is 2.14. The van der Waals surface area contributed by atoms with E-state index in [4.69, 9.17) is 0 Å². The molecule has 1 aromatic rings. The number of benzene rings is 1. The fourth-order valence-corrected chi connectivity index (χ4v) is 1.70. The van der Waals surface area contributed by atoms with Crippen molar-refractivity contribution in [2.24, 2.45) is 5.92 Å². The van der Waals surface area contributed by atoms with Gasteiger partial charge in [-0.1, -0.05) is 57.0 Å². The number of nitrogens with one attached hydrogen (secondary N) is 1. The Bertz CT molecular complexity index is 289. The topological polar surface area (TPSA) is 12.0 Å². The summed E-state index contributed by atoms with van der Waals surface area (Å²) in [5.74, 6) is 1.38. The van der Waals surface area contributed by atoms with Crippen LogP contribution in [0.5, 0.6) is 0 Å². The highest BCUT2D eigenvalue weighted by molar-refractivity contribution is 5.24. The molecule has 0 bridgehead atoms. The molecule has 0 saturated heterocycles. The maximum atomic E-state index is 3.55. The highest BCUT2D eigenvalue weighted by atomic mass is 14.9. The zero-order chi connectivity index (χ0) is 12.0. The molecule has 0 aliphatic carbocycles. The molecule has 90 valence electrons. The second kappa shape index (κ2) is 6.70. The minimum absolute atomic E-state index is 0.602. The van der Waals surface area contributed by atoms with Gasteiger partial charge in [-0.3, -0.25) is 0 Å². The van der Waals surface area contributed by atoms with E-state index in [0.29, 0.717) is 5.92 Å². The predicted molar refractivity (Wildman–Crippen MR) is 71.9 cm³/mol. The number of hydrogen-bond acceptors (Lipinski definition) is 1. The third kappa shape index (κ3) is 4.36. The van der Waals surface area contributed by atoms with Gasteiger partial charge in [0.2, 0.25) is 0 Å². The van der Waals surface area contributed by atoms with Crippen LogP contribution in [0.4, 0.5) is 0 Å². The lowest BCUT2D eigenvalue weighted by Gasteiger charge is -2.15. The van der Waals surface area contributed by atoms with E-state index in [-0.39, 0.29) is 0 Å². The van der Waals surface area contributed by atoms with Crippen LogP contribution in [0.1, 0.15) is 44.2 Å². The zero-order valence-electron chi connectivity index (χ0n) is 11.1. The molecule has 1 heteroatoms. The SMILES string of the molecule is CCC(C)CNCC(C)c1ccc(C)cc1. The number of aryl methyl sites for hydroxylation is 1. The van der Waals surface area contributed by atoms with Gasteiger partial charge in [0.15, 0.2) is 0 Å². The van der Waals surface area contributed by atoms with E-state index in [2.05, 4.69) is 57.3 Å². The molecule has 0 saturated carbocycles. The first-order valence-electron chi connectivity index (χ1n) is 6.40. The van der Waals surface area contributed by atoms with Crippen molar-refractivity contribution in [1.29, 1.82) is 0 Å². The first kappa shape index (κ1) is 13.2. The molecule has 0 aromatic heterocycles. The quantitative estimate of drug-likeness (QED) is 0.768. The van der Waals surface area contributed by atoms with Gasteiger partial charge in [0.25, 0.3) is 0 Å². The fraction of sp³-hybridized carbons (Fsp3) is 0.600. The van der Waals surface area contributed by atoms with Crippen LogP contribution in [0.2, 0.25) is 0 Å². The van der Waals surface area contributed by atoms with Crippen molar-refractivity contribution in [1.82, 2.24) is 5.32 Å². The molecule has 0 aliphatic rings. The Morgan fingerprint density at radius 2 is 1.69 bits per heavy atom. The van der Waals surface area contributed by atoms with E-state index in [1.807, 2.05) is 0 Å². The summed E-state index contributed by atoms with van der Waals surface area (Å²) < 4.78 is 0. The molecule has 0 radical (unpaired) electrons. The molecule has 1 rings (SSSR count). The van der Waals surface area contributed by atoms with Crippen LogP contribution in [0.25, 0.3) is 0 Å². The molecule has 0 fully saturated rings. The fourth-order valence-electron chi connectivity index (χ4n) is 1.70. The molecular formula is C15H25N. The van der Waals surface area contributed by atoms with Gasteiger partial charge in [-0.05, 0) is 30.9 Å². The first-order chi connectivity index (χ1) is 7.63. The van der Waals surface area contributed by atoms with E-state index in [0.717, 1.165) is 19.0 Å². The van der Waals surface area contributed by atoms with Crippen LogP contribution in [0.3, 0.4) is 0 Å². The van der Waals surface area contributed by atoms with Gasteiger partial charge in [0, 0.05) is 6.54 Å². The zero-order valence-corrected chi connectivity index (χ0v) is 11.1. The van der Waals surface area contributed by atoms with E-state index < -0.39 is 0 Å². The molecule has 1 N–H and O–H groups in total. The van der Waals surface area contributed by atoms with Crippen molar-refractivity contribution in [3.63, 3.8) is 0 Å². The minimum atomic E-state index is 0.602. The Morgan fingerprint density at radius 1 is 1.06 bits per heavy atom. The van der Waals surface area contributed by atoms with Gasteiger partial charge in [0.1, 0.15) is 0 Å². The highest BCUT2D eigenvalue weighted by Gasteiger charge is 2.05. The molecule has 16 heavy (non-hydrogen) atoms. The largest absolute Gasteiger partial charge is 0.316 e. The van der Waals surface area contributed by atoms with E-state index in [1.54, 1.807) is 0 Å². The van der Waals surface area contributed by atoms with Crippen molar-refractivity contribution in [3.05, 3.63) is 35.4 Å². The average Bonchev–Trinajstić information content (AvgIpc) is 2.29. The summed E-state index contributed by atoms with van der Waals surface area (Å²) in [4.78, 5) is 0. The molecule has 0 spiro atoms. The Kier molecular flexibility index (Phi) is 5.54. The van der Waals surface area contributed by atoms with Gasteiger partial charge in [0.05, 0.1) is 0 Å². The maximum Gasteiger partial charge on any atom is 0.00176 e. The van der Waals surface area contributed by atoms with Crippen LogP contribution in [0.15, 0.2) is 24.3 Å². The van der Waals surface area contributed by atoms with Gasteiger partial charge in [-0.2, -0.15) is 0 Å². The summed E-state index contributed by atoms with van der Waals surface area (Å²) in [6, 6.07) is 8.87. The van der Waals surface area contributed by atoms with E-state index >= 15 is 0 Å². The summed E-state index contributed by atoms with van der Waals surface area (Å²) in [6.45, 7) is 11.2. The Morgan fingerprint density at radius 3 is 2.25 bits per heavy atom. The first-order valence-corrected chi connectivity index (χ1v) is 6.40. The lowest BCUT2D eigenvalue weighted by atomic mass is 10.00. The summed E-state index contributed by atoms with van der Waals surface area (Å²) in [6.07, 6.45) is 1.26. The lowest BCUT2D eigenvalue weighted by molar-refractivity contribution is 0.487. The van der Waals surface area contributed by atoms with Crippen LogP contribution in [-0.4, -0.2) is 13.1 Å². The number of hydrogen-bond donors (Lipinski definition) is 1. The monoisotopic (exact) mass is 219 g/mol. The molecule has 1 aromatic carbocycles. The standard InChI is InChI=1S/C15H25N/c1-5-12(2)10-16-11-14(4)15-8-6-13(3)7-9-15/h6-9,12,14,16H,5,10-11H2,1-4H3. The molecule has 0 heterocycles. The summed E-state index contributed by atoms with van der Waals surface area (Å²) in [5.41, 5.74) is 2.77. The van der Waals surface area contributed by atoms with Crippen molar-refractivity contribution < 1.29 is 0 Å².